The number of ether oxygens (including phenoxy) is 1. The summed E-state index contributed by atoms with van der Waals surface area (Å²) in [5.41, 5.74) is 6.61. The largest absolute Gasteiger partial charge is 0.465 e. The summed E-state index contributed by atoms with van der Waals surface area (Å²) in [7, 11) is -2.45. The molecule has 0 bridgehead atoms. The molecule has 0 spiro atoms. The van der Waals surface area contributed by atoms with Gasteiger partial charge in [-0.1, -0.05) is 18.3 Å². The third-order valence-electron chi connectivity index (χ3n) is 2.80. The zero-order valence-corrected chi connectivity index (χ0v) is 13.8. The fourth-order valence-corrected chi connectivity index (χ4v) is 3.18. The number of aryl methyl sites for hydroxylation is 1. The van der Waals surface area contributed by atoms with Gasteiger partial charge >= 0.3 is 5.97 Å². The molecule has 116 valence electrons. The molecule has 21 heavy (non-hydrogen) atoms. The number of benzene rings is 1. The SMILES string of the molecule is CCOC(=O)CN(C)S(=O)(=O)c1ccc(C(N)=S)cc1C. The van der Waals surface area contributed by atoms with Crippen LogP contribution in [0.15, 0.2) is 23.1 Å². The molecule has 1 rings (SSSR count). The monoisotopic (exact) mass is 330 g/mol. The quantitative estimate of drug-likeness (QED) is 0.613. The summed E-state index contributed by atoms with van der Waals surface area (Å²) in [6.07, 6.45) is 0. The van der Waals surface area contributed by atoms with Gasteiger partial charge in [0.05, 0.1) is 11.5 Å². The van der Waals surface area contributed by atoms with Gasteiger partial charge in [-0.3, -0.25) is 4.79 Å². The van der Waals surface area contributed by atoms with Crippen molar-refractivity contribution in [2.45, 2.75) is 18.7 Å². The highest BCUT2D eigenvalue weighted by Crippen LogP contribution is 2.20. The van der Waals surface area contributed by atoms with Crippen molar-refractivity contribution < 1.29 is 17.9 Å². The minimum absolute atomic E-state index is 0.106. The highest BCUT2D eigenvalue weighted by atomic mass is 32.2. The van der Waals surface area contributed by atoms with Crippen molar-refractivity contribution >= 4 is 33.2 Å². The Morgan fingerprint density at radius 1 is 1.43 bits per heavy atom. The van der Waals surface area contributed by atoms with E-state index in [4.69, 9.17) is 22.7 Å². The zero-order chi connectivity index (χ0) is 16.2. The Balaban J connectivity index is 3.07. The molecule has 0 saturated heterocycles. The summed E-state index contributed by atoms with van der Waals surface area (Å²) in [4.78, 5) is 11.7. The van der Waals surface area contributed by atoms with E-state index in [1.54, 1.807) is 26.0 Å². The number of carbonyl (C=O) groups is 1. The van der Waals surface area contributed by atoms with E-state index in [9.17, 15) is 13.2 Å². The van der Waals surface area contributed by atoms with Crippen molar-refractivity contribution in [3.05, 3.63) is 29.3 Å². The normalized spacial score (nSPS) is 11.4. The van der Waals surface area contributed by atoms with Crippen LogP contribution in [-0.2, 0) is 19.6 Å². The predicted octanol–water partition coefficient (Wildman–Crippen LogP) is 0.813. The number of thiocarbonyl (C=S) groups is 1. The summed E-state index contributed by atoms with van der Waals surface area (Å²) < 4.78 is 30.6. The number of rotatable bonds is 6. The van der Waals surface area contributed by atoms with E-state index in [2.05, 4.69) is 0 Å². The van der Waals surface area contributed by atoms with Crippen LogP contribution in [0.5, 0.6) is 0 Å². The number of sulfonamides is 1. The highest BCUT2D eigenvalue weighted by molar-refractivity contribution is 7.89. The number of hydrogen-bond donors (Lipinski definition) is 1. The number of nitrogens with two attached hydrogens (primary N) is 1. The van der Waals surface area contributed by atoms with Gasteiger partial charge in [0.2, 0.25) is 10.0 Å². The van der Waals surface area contributed by atoms with Gasteiger partial charge in [0, 0.05) is 12.6 Å². The Morgan fingerprint density at radius 2 is 2.05 bits per heavy atom. The lowest BCUT2D eigenvalue weighted by molar-refractivity contribution is -0.143. The molecule has 0 radical (unpaired) electrons. The molecular formula is C13H18N2O4S2. The fraction of sp³-hybridized carbons (Fsp3) is 0.385. The molecule has 0 aromatic heterocycles. The minimum atomic E-state index is -3.78. The predicted molar refractivity (Wildman–Crippen MR) is 83.5 cm³/mol. The Bertz CT molecular complexity index is 656. The molecule has 0 aliphatic rings. The molecule has 8 heteroatoms. The summed E-state index contributed by atoms with van der Waals surface area (Å²) >= 11 is 4.85. The Kier molecular flexibility index (Phi) is 5.82. The Hall–Kier alpha value is -1.51. The maximum Gasteiger partial charge on any atom is 0.321 e. The van der Waals surface area contributed by atoms with Gasteiger partial charge in [-0.25, -0.2) is 8.42 Å². The van der Waals surface area contributed by atoms with Gasteiger partial charge in [0.1, 0.15) is 11.5 Å². The molecule has 0 fully saturated rings. The molecule has 0 aliphatic carbocycles. The third kappa shape index (κ3) is 4.23. The van der Waals surface area contributed by atoms with E-state index in [0.717, 1.165) is 4.31 Å². The van der Waals surface area contributed by atoms with Crippen molar-refractivity contribution in [3.8, 4) is 0 Å². The lowest BCUT2D eigenvalue weighted by Gasteiger charge is -2.18. The molecule has 1 aromatic carbocycles. The van der Waals surface area contributed by atoms with Crippen molar-refractivity contribution in [2.75, 3.05) is 20.2 Å². The third-order valence-corrected chi connectivity index (χ3v) is 5.00. The van der Waals surface area contributed by atoms with E-state index in [1.165, 1.54) is 13.1 Å². The average molecular weight is 330 g/mol. The average Bonchev–Trinajstić information content (AvgIpc) is 2.38. The second-order valence-electron chi connectivity index (χ2n) is 4.41. The molecule has 6 nitrogen and oxygen atoms in total. The summed E-state index contributed by atoms with van der Waals surface area (Å²) in [5, 5.41) is 0. The van der Waals surface area contributed by atoms with Crippen molar-refractivity contribution in [3.63, 3.8) is 0 Å². The summed E-state index contributed by atoms with van der Waals surface area (Å²) in [5.74, 6) is -0.596. The first-order chi connectivity index (χ1) is 9.70. The van der Waals surface area contributed by atoms with Gasteiger partial charge in [-0.05, 0) is 31.5 Å². The van der Waals surface area contributed by atoms with Gasteiger partial charge < -0.3 is 10.5 Å². The van der Waals surface area contributed by atoms with Crippen molar-refractivity contribution in [1.82, 2.24) is 4.31 Å². The van der Waals surface area contributed by atoms with Crippen LogP contribution in [0.3, 0.4) is 0 Å². The minimum Gasteiger partial charge on any atom is -0.465 e. The van der Waals surface area contributed by atoms with Crippen LogP contribution in [0.1, 0.15) is 18.1 Å². The molecular weight excluding hydrogens is 312 g/mol. The number of hydrogen-bond acceptors (Lipinski definition) is 5. The molecule has 2 N–H and O–H groups in total. The number of nitrogens with zero attached hydrogens (tertiary/aromatic N) is 1. The van der Waals surface area contributed by atoms with E-state index >= 15 is 0 Å². The van der Waals surface area contributed by atoms with Crippen molar-refractivity contribution in [1.29, 1.82) is 0 Å². The van der Waals surface area contributed by atoms with E-state index in [1.807, 2.05) is 0 Å². The van der Waals surface area contributed by atoms with Crippen LogP contribution in [-0.4, -0.2) is 43.9 Å². The first-order valence-corrected chi connectivity index (χ1v) is 8.07. The van der Waals surface area contributed by atoms with E-state index in [-0.39, 0.29) is 23.0 Å². The molecule has 0 heterocycles. The molecule has 0 aliphatic heterocycles. The van der Waals surface area contributed by atoms with Gasteiger partial charge in [0.25, 0.3) is 0 Å². The van der Waals surface area contributed by atoms with Gasteiger partial charge in [-0.15, -0.1) is 0 Å². The summed E-state index contributed by atoms with van der Waals surface area (Å²) in [6, 6.07) is 4.58. The lowest BCUT2D eigenvalue weighted by atomic mass is 10.1. The Labute approximate surface area is 129 Å². The molecule has 0 atom stereocenters. The smallest absolute Gasteiger partial charge is 0.321 e. The Morgan fingerprint density at radius 3 is 2.52 bits per heavy atom. The highest BCUT2D eigenvalue weighted by Gasteiger charge is 2.25. The maximum absolute atomic E-state index is 12.4. The van der Waals surface area contributed by atoms with E-state index in [0.29, 0.717) is 11.1 Å². The van der Waals surface area contributed by atoms with Crippen molar-refractivity contribution in [2.24, 2.45) is 5.73 Å². The molecule has 0 saturated carbocycles. The van der Waals surface area contributed by atoms with Crippen LogP contribution in [0.2, 0.25) is 0 Å². The van der Waals surface area contributed by atoms with Crippen LogP contribution >= 0.6 is 12.2 Å². The number of esters is 1. The van der Waals surface area contributed by atoms with E-state index < -0.39 is 16.0 Å². The van der Waals surface area contributed by atoms with Crippen LogP contribution in [0, 0.1) is 6.92 Å². The lowest BCUT2D eigenvalue weighted by Crippen LogP contribution is -2.33. The molecule has 1 aromatic rings. The standard InChI is InChI=1S/C13H18N2O4S2/c1-4-19-12(16)8-15(3)21(17,18)11-6-5-10(13(14)20)7-9(11)2/h5-7H,4,8H2,1-3H3,(H2,14,20). The van der Waals surface area contributed by atoms with Gasteiger partial charge in [0.15, 0.2) is 0 Å². The fourth-order valence-electron chi connectivity index (χ4n) is 1.73. The van der Waals surface area contributed by atoms with Gasteiger partial charge in [-0.2, -0.15) is 4.31 Å². The van der Waals surface area contributed by atoms with Crippen LogP contribution in [0.25, 0.3) is 0 Å². The first kappa shape index (κ1) is 17.5. The number of likely N-dealkylation sites (N-methyl/N-ethyl adjacent to an activating group) is 1. The topological polar surface area (TPSA) is 89.7 Å². The second kappa shape index (κ2) is 6.97. The molecule has 0 amide bonds. The molecule has 0 unspecified atom stereocenters. The number of carbonyl (C=O) groups excluding carboxylic acids is 1. The maximum atomic E-state index is 12.4. The zero-order valence-electron chi connectivity index (χ0n) is 12.1. The second-order valence-corrected chi connectivity index (χ2v) is 6.86. The van der Waals surface area contributed by atoms with Crippen LogP contribution < -0.4 is 5.73 Å². The first-order valence-electron chi connectivity index (χ1n) is 6.22. The van der Waals surface area contributed by atoms with Crippen LogP contribution in [0.4, 0.5) is 0 Å². The summed E-state index contributed by atoms with van der Waals surface area (Å²) in [6.45, 7) is 3.17.